The zero-order valence-corrected chi connectivity index (χ0v) is 15.2. The van der Waals surface area contributed by atoms with E-state index in [1.807, 2.05) is 12.1 Å². The van der Waals surface area contributed by atoms with Gasteiger partial charge in [-0.25, -0.2) is 0 Å². The molecule has 5 aliphatic carbocycles. The molecule has 1 amide bonds. The number of methoxy groups -OCH3 is 1. The molecule has 6 rings (SSSR count). The van der Waals surface area contributed by atoms with Crippen LogP contribution in [-0.2, 0) is 11.3 Å². The third-order valence-corrected chi connectivity index (χ3v) is 7.25. The van der Waals surface area contributed by atoms with Crippen molar-refractivity contribution in [1.29, 1.82) is 0 Å². The molecule has 0 saturated heterocycles. The van der Waals surface area contributed by atoms with E-state index < -0.39 is 0 Å². The topological polar surface area (TPSA) is 29.5 Å². The number of hydrogen-bond donors (Lipinski definition) is 0. The minimum absolute atomic E-state index is 0.150. The largest absolute Gasteiger partial charge is 0.497 e. The zero-order chi connectivity index (χ0) is 17.0. The van der Waals surface area contributed by atoms with Gasteiger partial charge in [0.25, 0.3) is 0 Å². The lowest BCUT2D eigenvalue weighted by molar-refractivity contribution is -0.153. The molecule has 0 radical (unpaired) electrons. The summed E-state index contributed by atoms with van der Waals surface area (Å²) in [5, 5.41) is 0. The molecule has 134 valence electrons. The lowest BCUT2D eigenvalue weighted by Crippen LogP contribution is -2.61. The zero-order valence-electron chi connectivity index (χ0n) is 15.2. The van der Waals surface area contributed by atoms with Gasteiger partial charge in [0.15, 0.2) is 0 Å². The van der Waals surface area contributed by atoms with Crippen LogP contribution in [-0.4, -0.2) is 23.5 Å². The molecular formula is C22H29NO2. The van der Waals surface area contributed by atoms with Crippen molar-refractivity contribution < 1.29 is 9.53 Å². The molecule has 4 bridgehead atoms. The second kappa shape index (κ2) is 5.75. The van der Waals surface area contributed by atoms with E-state index in [1.165, 1.54) is 44.1 Å². The molecule has 0 unspecified atom stereocenters. The van der Waals surface area contributed by atoms with Gasteiger partial charge in [0, 0.05) is 18.0 Å². The van der Waals surface area contributed by atoms with Crippen molar-refractivity contribution in [1.82, 2.24) is 4.90 Å². The number of amides is 1. The molecule has 0 N–H and O–H groups in total. The highest BCUT2D eigenvalue weighted by molar-refractivity contribution is 5.82. The lowest BCUT2D eigenvalue weighted by Gasteiger charge is -2.60. The highest BCUT2D eigenvalue weighted by Crippen LogP contribution is 2.58. The van der Waals surface area contributed by atoms with Crippen molar-refractivity contribution in [3.63, 3.8) is 0 Å². The lowest BCUT2D eigenvalue weighted by atomic mass is 9.52. The van der Waals surface area contributed by atoms with Crippen LogP contribution in [0.2, 0.25) is 0 Å². The average Bonchev–Trinajstić information content (AvgIpc) is 3.43. The minimum Gasteiger partial charge on any atom is -0.497 e. The smallest absolute Gasteiger partial charge is 0.226 e. The summed E-state index contributed by atoms with van der Waals surface area (Å²) in [5.74, 6) is 4.23. The van der Waals surface area contributed by atoms with E-state index >= 15 is 0 Å². The van der Waals surface area contributed by atoms with Crippen LogP contribution >= 0.6 is 0 Å². The molecule has 5 fully saturated rings. The van der Waals surface area contributed by atoms with Gasteiger partial charge in [-0.15, -0.1) is 0 Å². The Balaban J connectivity index is 1.47. The first-order valence-electron chi connectivity index (χ1n) is 10.1. The van der Waals surface area contributed by atoms with Crippen molar-refractivity contribution in [2.75, 3.05) is 7.11 Å². The molecule has 3 nitrogen and oxygen atoms in total. The number of carbonyl (C=O) groups is 1. The Bertz CT molecular complexity index is 643. The monoisotopic (exact) mass is 339 g/mol. The first kappa shape index (κ1) is 15.7. The van der Waals surface area contributed by atoms with Gasteiger partial charge in [-0.3, -0.25) is 4.79 Å². The quantitative estimate of drug-likeness (QED) is 0.795. The maximum absolute atomic E-state index is 13.3. The van der Waals surface area contributed by atoms with E-state index in [0.717, 1.165) is 42.9 Å². The van der Waals surface area contributed by atoms with E-state index in [1.54, 1.807) is 7.11 Å². The Labute approximate surface area is 150 Å². The van der Waals surface area contributed by atoms with Gasteiger partial charge < -0.3 is 9.64 Å². The molecule has 0 aliphatic heterocycles. The third kappa shape index (κ3) is 2.76. The summed E-state index contributed by atoms with van der Waals surface area (Å²) in [6.07, 6.45) is 10.2. The van der Waals surface area contributed by atoms with Crippen LogP contribution in [0.3, 0.4) is 0 Å². The van der Waals surface area contributed by atoms with E-state index in [4.69, 9.17) is 4.74 Å². The van der Waals surface area contributed by atoms with Gasteiger partial charge >= 0.3 is 0 Å². The van der Waals surface area contributed by atoms with Crippen molar-refractivity contribution in [2.45, 2.75) is 63.5 Å². The van der Waals surface area contributed by atoms with Crippen LogP contribution in [0.5, 0.6) is 5.75 Å². The summed E-state index contributed by atoms with van der Waals surface area (Å²) in [5.41, 5.74) is 1.36. The molecule has 0 atom stereocenters. The van der Waals surface area contributed by atoms with E-state index in [2.05, 4.69) is 17.0 Å². The normalized spacial score (nSPS) is 35.6. The van der Waals surface area contributed by atoms with Crippen molar-refractivity contribution in [2.24, 2.45) is 23.7 Å². The number of benzene rings is 1. The average molecular weight is 339 g/mol. The SMILES string of the molecule is COc1cccc(CN(C(=O)C2CC2)C23CC4CC(CC(C4)C2)C3)c1. The van der Waals surface area contributed by atoms with Gasteiger partial charge in [0.1, 0.15) is 5.75 Å². The predicted octanol–water partition coefficient (Wildman–Crippen LogP) is 4.40. The maximum atomic E-state index is 13.3. The molecule has 1 aromatic rings. The summed E-state index contributed by atoms with van der Waals surface area (Å²) in [6.45, 7) is 0.763. The first-order valence-corrected chi connectivity index (χ1v) is 10.1. The van der Waals surface area contributed by atoms with E-state index in [0.29, 0.717) is 11.8 Å². The number of carbonyl (C=O) groups excluding carboxylic acids is 1. The van der Waals surface area contributed by atoms with Crippen molar-refractivity contribution in [3.8, 4) is 5.75 Å². The molecule has 5 saturated carbocycles. The number of ether oxygens (including phenoxy) is 1. The van der Waals surface area contributed by atoms with Gasteiger partial charge in [0.05, 0.1) is 7.11 Å². The fraction of sp³-hybridized carbons (Fsp3) is 0.682. The first-order chi connectivity index (χ1) is 12.1. The highest BCUT2D eigenvalue weighted by Gasteiger charge is 2.55. The Hall–Kier alpha value is -1.51. The summed E-state index contributed by atoms with van der Waals surface area (Å²) in [7, 11) is 1.71. The molecule has 0 spiro atoms. The molecule has 25 heavy (non-hydrogen) atoms. The Kier molecular flexibility index (Phi) is 3.62. The second-order valence-electron chi connectivity index (χ2n) is 9.19. The van der Waals surface area contributed by atoms with E-state index in [9.17, 15) is 4.79 Å². The summed E-state index contributed by atoms with van der Waals surface area (Å²) >= 11 is 0. The minimum atomic E-state index is 0.150. The Morgan fingerprint density at radius 3 is 2.32 bits per heavy atom. The maximum Gasteiger partial charge on any atom is 0.226 e. The van der Waals surface area contributed by atoms with Gasteiger partial charge in [0.2, 0.25) is 5.91 Å². The van der Waals surface area contributed by atoms with Crippen molar-refractivity contribution in [3.05, 3.63) is 29.8 Å². The van der Waals surface area contributed by atoms with E-state index in [-0.39, 0.29) is 5.54 Å². The number of rotatable bonds is 5. The Morgan fingerprint density at radius 1 is 1.12 bits per heavy atom. The van der Waals surface area contributed by atoms with Crippen LogP contribution in [0, 0.1) is 23.7 Å². The second-order valence-corrected chi connectivity index (χ2v) is 9.19. The molecule has 1 aromatic carbocycles. The summed E-state index contributed by atoms with van der Waals surface area (Å²) in [4.78, 5) is 15.6. The summed E-state index contributed by atoms with van der Waals surface area (Å²) in [6, 6.07) is 8.29. The number of nitrogens with zero attached hydrogens (tertiary/aromatic N) is 1. The summed E-state index contributed by atoms with van der Waals surface area (Å²) < 4.78 is 5.40. The molecule has 3 heteroatoms. The molecule has 5 aliphatic rings. The molecule has 0 heterocycles. The Morgan fingerprint density at radius 2 is 1.76 bits per heavy atom. The van der Waals surface area contributed by atoms with Gasteiger partial charge in [-0.2, -0.15) is 0 Å². The van der Waals surface area contributed by atoms with Crippen LogP contribution in [0.4, 0.5) is 0 Å². The molecular weight excluding hydrogens is 310 g/mol. The standard InChI is InChI=1S/C22H29NO2/c1-25-20-4-2-3-15(10-20)14-23(21(24)19-5-6-19)22-11-16-7-17(12-22)9-18(8-16)13-22/h2-4,10,16-19H,5-9,11-14H2,1H3. The van der Waals surface area contributed by atoms with Crippen LogP contribution in [0.25, 0.3) is 0 Å². The van der Waals surface area contributed by atoms with Crippen LogP contribution in [0.1, 0.15) is 56.9 Å². The van der Waals surface area contributed by atoms with Gasteiger partial charge in [-0.1, -0.05) is 12.1 Å². The van der Waals surface area contributed by atoms with Crippen LogP contribution in [0.15, 0.2) is 24.3 Å². The highest BCUT2D eigenvalue weighted by atomic mass is 16.5. The van der Waals surface area contributed by atoms with Gasteiger partial charge in [-0.05, 0) is 86.8 Å². The van der Waals surface area contributed by atoms with Crippen molar-refractivity contribution >= 4 is 5.91 Å². The van der Waals surface area contributed by atoms with Crippen LogP contribution < -0.4 is 4.74 Å². The fourth-order valence-corrected chi connectivity index (χ4v) is 6.38. The molecule has 0 aromatic heterocycles. The fourth-order valence-electron chi connectivity index (χ4n) is 6.38. The third-order valence-electron chi connectivity index (χ3n) is 7.25. The predicted molar refractivity (Wildman–Crippen MR) is 97.2 cm³/mol. The number of hydrogen-bond acceptors (Lipinski definition) is 2.